The molecule has 0 amide bonds. The van der Waals surface area contributed by atoms with E-state index in [1.54, 1.807) is 0 Å². The van der Waals surface area contributed by atoms with Crippen LogP contribution in [0.1, 0.15) is 33.3 Å². The molecule has 0 bridgehead atoms. The maximum absolute atomic E-state index is 8.12. The molecule has 0 aliphatic heterocycles. The van der Waals surface area contributed by atoms with Crippen LogP contribution in [0.25, 0.3) is 0 Å². The number of rotatable bonds is 6. The second-order valence-electron chi connectivity index (χ2n) is 7.08. The molecule has 0 saturated heterocycles. The minimum atomic E-state index is 0.430. The fourth-order valence-corrected chi connectivity index (χ4v) is 2.88. The molecule has 0 atom stereocenters. The second-order valence-corrected chi connectivity index (χ2v) is 7.52. The third-order valence-electron chi connectivity index (χ3n) is 3.79. The highest BCUT2D eigenvalue weighted by Crippen LogP contribution is 2.22. The molecule has 1 aliphatic rings. The Kier molecular flexibility index (Phi) is 6.44. The summed E-state index contributed by atoms with van der Waals surface area (Å²) in [6.45, 7) is 10.6. The van der Waals surface area contributed by atoms with Gasteiger partial charge < -0.3 is 10.3 Å². The third kappa shape index (κ3) is 5.38. The Hall–Kier alpha value is -1.80. The number of benzene rings is 1. The summed E-state index contributed by atoms with van der Waals surface area (Å²) in [4.78, 5) is 2.38. The lowest BCUT2D eigenvalue weighted by Crippen LogP contribution is -2.27. The number of hydrogen-bond acceptors (Lipinski definition) is 2. The molecule has 1 aromatic carbocycles. The molecule has 3 heteroatoms. The molecule has 0 spiro atoms. The van der Waals surface area contributed by atoms with Gasteiger partial charge in [0.2, 0.25) is 0 Å². The predicted molar refractivity (Wildman–Crippen MR) is 105 cm³/mol. The number of hydrogen-bond donors (Lipinski definition) is 1. The van der Waals surface area contributed by atoms with Gasteiger partial charge in [-0.05, 0) is 53.3 Å². The monoisotopic (exact) mass is 342 g/mol. The average Bonchev–Trinajstić information content (AvgIpc) is 2.50. The quantitative estimate of drug-likeness (QED) is 0.689. The van der Waals surface area contributed by atoms with E-state index in [4.69, 9.17) is 17.0 Å². The van der Waals surface area contributed by atoms with E-state index in [1.165, 1.54) is 11.3 Å². The van der Waals surface area contributed by atoms with Crippen molar-refractivity contribution in [3.8, 4) is 0 Å². The maximum Gasteiger partial charge on any atom is 0.0610 e. The highest BCUT2D eigenvalue weighted by Gasteiger charge is 2.15. The highest BCUT2D eigenvalue weighted by atomic mass is 35.5. The summed E-state index contributed by atoms with van der Waals surface area (Å²) < 4.78 is 0. The fraction of sp³-hybridized carbons (Fsp3) is 0.381. The standard InChI is InChI=1S/C21H27ClN2/c1-15(2)11-18-12-20(9-10-21(18)23)24(13-16(3)4)14-17-5-7-19(22)8-6-17/h5-12,15-16,23H,13-14H2,1-4H3/b18-11-,23-21?. The van der Waals surface area contributed by atoms with Gasteiger partial charge in [-0.15, -0.1) is 0 Å². The van der Waals surface area contributed by atoms with Crippen molar-refractivity contribution in [2.45, 2.75) is 34.2 Å². The van der Waals surface area contributed by atoms with Crippen molar-refractivity contribution in [2.75, 3.05) is 6.54 Å². The highest BCUT2D eigenvalue weighted by molar-refractivity contribution is 6.30. The molecule has 1 aromatic rings. The van der Waals surface area contributed by atoms with Crippen molar-refractivity contribution >= 4 is 17.3 Å². The van der Waals surface area contributed by atoms with Crippen molar-refractivity contribution in [3.05, 3.63) is 70.4 Å². The lowest BCUT2D eigenvalue weighted by molar-refractivity contribution is 0.305. The molecule has 0 unspecified atom stereocenters. The Balaban J connectivity index is 2.28. The smallest absolute Gasteiger partial charge is 0.0610 e. The molecule has 0 aromatic heterocycles. The van der Waals surface area contributed by atoms with Crippen LogP contribution in [0, 0.1) is 17.2 Å². The van der Waals surface area contributed by atoms with E-state index >= 15 is 0 Å². The summed E-state index contributed by atoms with van der Waals surface area (Å²) in [6.07, 6.45) is 8.25. The lowest BCUT2D eigenvalue weighted by Gasteiger charge is -2.29. The van der Waals surface area contributed by atoms with Crippen LogP contribution >= 0.6 is 11.6 Å². The van der Waals surface area contributed by atoms with Crippen LogP contribution in [0.5, 0.6) is 0 Å². The number of nitrogens with one attached hydrogen (secondary N) is 1. The zero-order chi connectivity index (χ0) is 17.7. The predicted octanol–water partition coefficient (Wildman–Crippen LogP) is 5.85. The number of nitrogens with zero attached hydrogens (tertiary/aromatic N) is 1. The van der Waals surface area contributed by atoms with Crippen LogP contribution in [0.3, 0.4) is 0 Å². The average molecular weight is 343 g/mol. The lowest BCUT2D eigenvalue weighted by atomic mass is 9.98. The van der Waals surface area contributed by atoms with E-state index in [0.717, 1.165) is 23.7 Å². The van der Waals surface area contributed by atoms with E-state index in [2.05, 4.69) is 63.0 Å². The van der Waals surface area contributed by atoms with Gasteiger partial charge >= 0.3 is 0 Å². The van der Waals surface area contributed by atoms with Gasteiger partial charge in [0, 0.05) is 23.8 Å². The van der Waals surface area contributed by atoms with Gasteiger partial charge in [-0.3, -0.25) is 0 Å². The van der Waals surface area contributed by atoms with Gasteiger partial charge in [0.1, 0.15) is 0 Å². The summed E-state index contributed by atoms with van der Waals surface area (Å²) in [5, 5.41) is 8.89. The van der Waals surface area contributed by atoms with Crippen LogP contribution in [0.15, 0.2) is 59.8 Å². The molecule has 0 saturated carbocycles. The summed E-state index contributed by atoms with van der Waals surface area (Å²) in [7, 11) is 0. The Morgan fingerprint density at radius 1 is 1.08 bits per heavy atom. The van der Waals surface area contributed by atoms with E-state index < -0.39 is 0 Å². The molecule has 2 nitrogen and oxygen atoms in total. The van der Waals surface area contributed by atoms with Crippen molar-refractivity contribution < 1.29 is 0 Å². The minimum Gasteiger partial charge on any atom is -0.367 e. The minimum absolute atomic E-state index is 0.430. The van der Waals surface area contributed by atoms with Gasteiger partial charge in [0.25, 0.3) is 0 Å². The summed E-state index contributed by atoms with van der Waals surface area (Å²) in [6, 6.07) is 8.04. The molecule has 24 heavy (non-hydrogen) atoms. The SMILES string of the molecule is CC(C)/C=C1/C=C(N(Cc2ccc(Cl)cc2)CC(C)C)C=CC1=N. The van der Waals surface area contributed by atoms with Crippen LogP contribution in [-0.4, -0.2) is 17.2 Å². The molecule has 1 N–H and O–H groups in total. The van der Waals surface area contributed by atoms with Crippen molar-refractivity contribution in [3.63, 3.8) is 0 Å². The van der Waals surface area contributed by atoms with Gasteiger partial charge in [0.05, 0.1) is 5.71 Å². The zero-order valence-corrected chi connectivity index (χ0v) is 15.8. The number of halogens is 1. The van der Waals surface area contributed by atoms with Gasteiger partial charge in [-0.1, -0.05) is 57.5 Å². The van der Waals surface area contributed by atoms with E-state index in [-0.39, 0.29) is 0 Å². The molecule has 0 heterocycles. The Morgan fingerprint density at radius 2 is 1.75 bits per heavy atom. The first kappa shape index (κ1) is 18.5. The van der Waals surface area contributed by atoms with E-state index in [1.807, 2.05) is 18.2 Å². The van der Waals surface area contributed by atoms with Crippen LogP contribution < -0.4 is 0 Å². The normalized spacial score (nSPS) is 16.2. The molecular formula is C21H27ClN2. The van der Waals surface area contributed by atoms with E-state index in [0.29, 0.717) is 17.5 Å². The number of allylic oxidation sites excluding steroid dienone is 5. The topological polar surface area (TPSA) is 27.1 Å². The fourth-order valence-electron chi connectivity index (χ4n) is 2.76. The summed E-state index contributed by atoms with van der Waals surface area (Å²) >= 11 is 6.00. The van der Waals surface area contributed by atoms with Crippen LogP contribution in [0.2, 0.25) is 5.02 Å². The first-order chi connectivity index (χ1) is 11.3. The Morgan fingerprint density at radius 3 is 2.33 bits per heavy atom. The third-order valence-corrected chi connectivity index (χ3v) is 4.04. The summed E-state index contributed by atoms with van der Waals surface area (Å²) in [5.74, 6) is 0.990. The van der Waals surface area contributed by atoms with Gasteiger partial charge in [0.15, 0.2) is 0 Å². The first-order valence-electron chi connectivity index (χ1n) is 8.55. The maximum atomic E-state index is 8.12. The molecule has 128 valence electrons. The van der Waals surface area contributed by atoms with Crippen molar-refractivity contribution in [1.82, 2.24) is 4.90 Å². The van der Waals surface area contributed by atoms with Crippen LogP contribution in [-0.2, 0) is 6.54 Å². The largest absolute Gasteiger partial charge is 0.367 e. The second kappa shape index (κ2) is 8.34. The van der Waals surface area contributed by atoms with Crippen molar-refractivity contribution in [1.29, 1.82) is 5.41 Å². The van der Waals surface area contributed by atoms with Crippen LogP contribution in [0.4, 0.5) is 0 Å². The zero-order valence-electron chi connectivity index (χ0n) is 15.0. The van der Waals surface area contributed by atoms with Gasteiger partial charge in [-0.2, -0.15) is 0 Å². The van der Waals surface area contributed by atoms with Gasteiger partial charge in [-0.25, -0.2) is 0 Å². The molecule has 0 fully saturated rings. The summed E-state index contributed by atoms with van der Waals surface area (Å²) in [5.41, 5.74) is 4.00. The molecule has 2 rings (SSSR count). The first-order valence-corrected chi connectivity index (χ1v) is 8.93. The Labute approximate surface area is 151 Å². The van der Waals surface area contributed by atoms with Crippen molar-refractivity contribution in [2.24, 2.45) is 11.8 Å². The molecule has 0 radical (unpaired) electrons. The Bertz CT molecular complexity index is 664. The molecular weight excluding hydrogens is 316 g/mol. The molecule has 1 aliphatic carbocycles. The van der Waals surface area contributed by atoms with E-state index in [9.17, 15) is 0 Å².